The Morgan fingerprint density at radius 2 is 2.26 bits per heavy atom. The third-order valence-corrected chi connectivity index (χ3v) is 6.80. The van der Waals surface area contributed by atoms with Crippen LogP contribution >= 0.6 is 27.3 Å². The Balaban J connectivity index is 1.79. The van der Waals surface area contributed by atoms with Crippen LogP contribution < -0.4 is 5.32 Å². The smallest absolute Gasteiger partial charge is 0.0346 e. The molecule has 2 fully saturated rings. The maximum Gasteiger partial charge on any atom is 0.0346 e. The highest BCUT2D eigenvalue weighted by Gasteiger charge is 2.43. The fourth-order valence-electron chi connectivity index (χ4n) is 3.61. The van der Waals surface area contributed by atoms with Gasteiger partial charge in [-0.3, -0.25) is 4.90 Å². The molecule has 3 rings (SSSR count). The van der Waals surface area contributed by atoms with Crippen LogP contribution in [-0.4, -0.2) is 29.6 Å². The van der Waals surface area contributed by atoms with Gasteiger partial charge >= 0.3 is 0 Å². The van der Waals surface area contributed by atoms with Crippen molar-refractivity contribution in [1.82, 2.24) is 10.2 Å². The fourth-order valence-corrected chi connectivity index (χ4v) is 5.11. The molecule has 0 amide bonds. The van der Waals surface area contributed by atoms with E-state index >= 15 is 0 Å². The molecule has 19 heavy (non-hydrogen) atoms. The van der Waals surface area contributed by atoms with Gasteiger partial charge in [0.1, 0.15) is 0 Å². The molecule has 2 nitrogen and oxygen atoms in total. The van der Waals surface area contributed by atoms with Crippen LogP contribution in [-0.2, 0) is 6.54 Å². The monoisotopic (exact) mass is 342 g/mol. The van der Waals surface area contributed by atoms with Gasteiger partial charge in [-0.2, -0.15) is 0 Å². The average molecular weight is 343 g/mol. The quantitative estimate of drug-likeness (QED) is 0.892. The Bertz CT molecular complexity index is 426. The summed E-state index contributed by atoms with van der Waals surface area (Å²) in [7, 11) is 0. The van der Waals surface area contributed by atoms with Crippen LogP contribution in [0.3, 0.4) is 0 Å². The molecular formula is C15H23BrN2S. The summed E-state index contributed by atoms with van der Waals surface area (Å²) in [5, 5.41) is 5.97. The zero-order valence-electron chi connectivity index (χ0n) is 11.6. The highest BCUT2D eigenvalue weighted by molar-refractivity contribution is 9.10. The molecule has 1 saturated carbocycles. The zero-order chi connectivity index (χ0) is 13.3. The van der Waals surface area contributed by atoms with Crippen molar-refractivity contribution < 1.29 is 0 Å². The molecule has 1 aliphatic heterocycles. The van der Waals surface area contributed by atoms with E-state index in [1.807, 2.05) is 11.3 Å². The van der Waals surface area contributed by atoms with E-state index < -0.39 is 0 Å². The molecule has 2 aliphatic rings. The van der Waals surface area contributed by atoms with Crippen molar-refractivity contribution >= 4 is 27.3 Å². The van der Waals surface area contributed by atoms with Crippen LogP contribution in [0.5, 0.6) is 0 Å². The maximum atomic E-state index is 3.78. The molecule has 1 aromatic heterocycles. The Morgan fingerprint density at radius 1 is 1.47 bits per heavy atom. The van der Waals surface area contributed by atoms with Gasteiger partial charge in [0.15, 0.2) is 0 Å². The number of hydrogen-bond donors (Lipinski definition) is 1. The van der Waals surface area contributed by atoms with E-state index in [0.29, 0.717) is 11.6 Å². The molecular weight excluding hydrogens is 320 g/mol. The van der Waals surface area contributed by atoms with Crippen LogP contribution in [0.25, 0.3) is 0 Å². The van der Waals surface area contributed by atoms with Gasteiger partial charge in [-0.25, -0.2) is 0 Å². The second-order valence-corrected chi connectivity index (χ2v) is 7.84. The van der Waals surface area contributed by atoms with E-state index in [1.165, 1.54) is 54.5 Å². The summed E-state index contributed by atoms with van der Waals surface area (Å²) in [6.45, 7) is 5.81. The van der Waals surface area contributed by atoms with E-state index in [4.69, 9.17) is 0 Å². The molecule has 1 atom stereocenters. The molecule has 1 aromatic rings. The summed E-state index contributed by atoms with van der Waals surface area (Å²) in [5.74, 6) is 0. The number of thiophene rings is 1. The molecule has 2 heterocycles. The van der Waals surface area contributed by atoms with Crippen molar-refractivity contribution in [1.29, 1.82) is 0 Å². The number of nitrogens with one attached hydrogen (secondary N) is 1. The second kappa shape index (κ2) is 5.84. The van der Waals surface area contributed by atoms with Crippen molar-refractivity contribution in [3.63, 3.8) is 0 Å². The van der Waals surface area contributed by atoms with Gasteiger partial charge < -0.3 is 5.32 Å². The van der Waals surface area contributed by atoms with Gasteiger partial charge in [0.25, 0.3) is 0 Å². The minimum Gasteiger partial charge on any atom is -0.311 e. The molecule has 0 aromatic carbocycles. The predicted molar refractivity (Wildman–Crippen MR) is 85.7 cm³/mol. The van der Waals surface area contributed by atoms with Gasteiger partial charge in [0, 0.05) is 40.6 Å². The van der Waals surface area contributed by atoms with Crippen molar-refractivity contribution in [3.8, 4) is 0 Å². The molecule has 1 N–H and O–H groups in total. The summed E-state index contributed by atoms with van der Waals surface area (Å²) in [6, 6.07) is 2.85. The standard InChI is InChI=1S/C15H23BrN2S/c1-2-12-9-18(10-14-13(16)5-8-19-14)15(11-17-12)6-3-4-7-15/h5,8,12,17H,2-4,6-7,9-11H2,1H3. The fraction of sp³-hybridized carbons (Fsp3) is 0.733. The van der Waals surface area contributed by atoms with Crippen molar-refractivity contribution in [3.05, 3.63) is 20.8 Å². The number of piperazine rings is 1. The first kappa shape index (κ1) is 14.1. The van der Waals surface area contributed by atoms with Gasteiger partial charge in [-0.15, -0.1) is 11.3 Å². The highest BCUT2D eigenvalue weighted by Crippen LogP contribution is 2.39. The number of rotatable bonds is 3. The Kier molecular flexibility index (Phi) is 4.32. The van der Waals surface area contributed by atoms with Crippen LogP contribution in [0.2, 0.25) is 0 Å². The van der Waals surface area contributed by atoms with Crippen LogP contribution in [0.4, 0.5) is 0 Å². The van der Waals surface area contributed by atoms with Gasteiger partial charge in [-0.05, 0) is 46.6 Å². The van der Waals surface area contributed by atoms with E-state index in [-0.39, 0.29) is 0 Å². The maximum absolute atomic E-state index is 3.78. The lowest BCUT2D eigenvalue weighted by Crippen LogP contribution is -2.62. The Hall–Kier alpha value is 0.1000. The third kappa shape index (κ3) is 2.78. The van der Waals surface area contributed by atoms with E-state index in [1.54, 1.807) is 0 Å². The first-order valence-electron chi connectivity index (χ1n) is 7.44. The third-order valence-electron chi connectivity index (χ3n) is 4.88. The summed E-state index contributed by atoms with van der Waals surface area (Å²) in [6.07, 6.45) is 6.79. The second-order valence-electron chi connectivity index (χ2n) is 5.99. The van der Waals surface area contributed by atoms with Gasteiger partial charge in [-0.1, -0.05) is 19.8 Å². The van der Waals surface area contributed by atoms with Crippen molar-refractivity contribution in [2.45, 2.75) is 57.2 Å². The Morgan fingerprint density at radius 3 is 2.89 bits per heavy atom. The number of hydrogen-bond acceptors (Lipinski definition) is 3. The summed E-state index contributed by atoms with van der Waals surface area (Å²) in [5.41, 5.74) is 0.440. The zero-order valence-corrected chi connectivity index (χ0v) is 14.0. The van der Waals surface area contributed by atoms with E-state index in [2.05, 4.69) is 44.5 Å². The van der Waals surface area contributed by atoms with Gasteiger partial charge in [0.05, 0.1) is 0 Å². The normalized spacial score (nSPS) is 27.2. The average Bonchev–Trinajstić information content (AvgIpc) is 3.03. The summed E-state index contributed by atoms with van der Waals surface area (Å²) in [4.78, 5) is 4.27. The first-order valence-corrected chi connectivity index (χ1v) is 9.11. The molecule has 0 bridgehead atoms. The largest absolute Gasteiger partial charge is 0.311 e. The summed E-state index contributed by atoms with van der Waals surface area (Å²) >= 11 is 5.58. The molecule has 1 aliphatic carbocycles. The molecule has 106 valence electrons. The number of nitrogens with zero attached hydrogens (tertiary/aromatic N) is 1. The minimum absolute atomic E-state index is 0.440. The van der Waals surface area contributed by atoms with Gasteiger partial charge in [0.2, 0.25) is 0 Å². The van der Waals surface area contributed by atoms with Crippen molar-refractivity contribution in [2.24, 2.45) is 0 Å². The minimum atomic E-state index is 0.440. The first-order chi connectivity index (χ1) is 9.23. The topological polar surface area (TPSA) is 15.3 Å². The molecule has 0 radical (unpaired) electrons. The summed E-state index contributed by atoms with van der Waals surface area (Å²) < 4.78 is 1.29. The molecule has 1 spiro atoms. The van der Waals surface area contributed by atoms with E-state index in [0.717, 1.165) is 6.54 Å². The lowest BCUT2D eigenvalue weighted by molar-refractivity contribution is 0.0356. The van der Waals surface area contributed by atoms with Crippen LogP contribution in [0.15, 0.2) is 15.9 Å². The number of halogens is 1. The van der Waals surface area contributed by atoms with E-state index in [9.17, 15) is 0 Å². The van der Waals surface area contributed by atoms with Crippen LogP contribution in [0.1, 0.15) is 43.9 Å². The molecule has 1 unspecified atom stereocenters. The lowest BCUT2D eigenvalue weighted by atomic mass is 9.90. The Labute approximate surface area is 128 Å². The van der Waals surface area contributed by atoms with Crippen LogP contribution in [0, 0.1) is 0 Å². The lowest BCUT2D eigenvalue weighted by Gasteiger charge is -2.48. The molecule has 1 saturated heterocycles. The highest BCUT2D eigenvalue weighted by atomic mass is 79.9. The van der Waals surface area contributed by atoms with Crippen molar-refractivity contribution in [2.75, 3.05) is 13.1 Å². The molecule has 4 heteroatoms. The predicted octanol–water partition coefficient (Wildman–Crippen LogP) is 4.01. The SMILES string of the molecule is CCC1CN(Cc2sccc2Br)C2(CCCC2)CN1.